The van der Waals surface area contributed by atoms with E-state index in [1.807, 2.05) is 42.6 Å². The summed E-state index contributed by atoms with van der Waals surface area (Å²) in [6.07, 6.45) is 4.50. The van der Waals surface area contributed by atoms with Gasteiger partial charge in [0.25, 0.3) is 0 Å². The first kappa shape index (κ1) is 7.73. The molecule has 1 aromatic rings. The average Bonchev–Trinajstić information content (AvgIpc) is 2.07. The molecule has 56 valence electrons. The molecule has 1 heteroatoms. The minimum Gasteiger partial charge on any atom is -0.261 e. The van der Waals surface area contributed by atoms with Crippen molar-refractivity contribution in [3.63, 3.8) is 0 Å². The maximum absolute atomic E-state index is 4.20. The van der Waals surface area contributed by atoms with Crippen LogP contribution >= 0.6 is 0 Å². The molecule has 0 aliphatic heterocycles. The van der Waals surface area contributed by atoms with E-state index >= 15 is 0 Å². The molecule has 11 heavy (non-hydrogen) atoms. The molecule has 1 aromatic carbocycles. The Morgan fingerprint density at radius 3 is 2.64 bits per heavy atom. The minimum absolute atomic E-state index is 0.828. The van der Waals surface area contributed by atoms with Gasteiger partial charge < -0.3 is 0 Å². The summed E-state index contributed by atoms with van der Waals surface area (Å²) in [6, 6.07) is 9.87. The summed E-state index contributed by atoms with van der Waals surface area (Å²) in [5.41, 5.74) is 0.995. The normalized spacial score (nSPS) is 10.2. The molecule has 0 spiro atoms. The van der Waals surface area contributed by atoms with E-state index in [2.05, 4.69) is 11.6 Å². The summed E-state index contributed by atoms with van der Waals surface area (Å²) in [5, 5.41) is 0. The highest BCUT2D eigenvalue weighted by molar-refractivity contribution is 5.64. The first-order valence-corrected chi connectivity index (χ1v) is 3.62. The predicted octanol–water partition coefficient (Wildman–Crippen LogP) is 2.97. The van der Waals surface area contributed by atoms with Crippen molar-refractivity contribution in [2.75, 3.05) is 0 Å². The fraction of sp³-hybridized carbons (Fsp3) is 0.100. The van der Waals surface area contributed by atoms with Gasteiger partial charge in [-0.15, -0.1) is 6.58 Å². The Hall–Kier alpha value is -1.37. The van der Waals surface area contributed by atoms with Gasteiger partial charge in [0.1, 0.15) is 0 Å². The molecule has 0 amide bonds. The lowest BCUT2D eigenvalue weighted by molar-refractivity contribution is 1.46. The van der Waals surface area contributed by atoms with Gasteiger partial charge in [0.05, 0.1) is 5.69 Å². The topological polar surface area (TPSA) is 12.4 Å². The van der Waals surface area contributed by atoms with Crippen molar-refractivity contribution in [1.29, 1.82) is 0 Å². The molecule has 0 N–H and O–H groups in total. The smallest absolute Gasteiger partial charge is 0.0625 e. The maximum atomic E-state index is 4.20. The fourth-order valence-corrected chi connectivity index (χ4v) is 0.747. The number of nitrogens with zero attached hydrogens (tertiary/aromatic N) is 1. The van der Waals surface area contributed by atoms with Gasteiger partial charge in [-0.25, -0.2) is 0 Å². The van der Waals surface area contributed by atoms with Gasteiger partial charge in [0.2, 0.25) is 0 Å². The molecule has 0 aliphatic carbocycles. The Bertz CT molecular complexity index is 236. The van der Waals surface area contributed by atoms with Crippen LogP contribution in [-0.2, 0) is 0 Å². The number of para-hydroxylation sites is 1. The van der Waals surface area contributed by atoms with Gasteiger partial charge in [-0.05, 0) is 12.1 Å². The highest BCUT2D eigenvalue weighted by atomic mass is 14.7. The number of hydrogen-bond acceptors (Lipinski definition) is 1. The maximum Gasteiger partial charge on any atom is 0.0625 e. The highest BCUT2D eigenvalue weighted by Crippen LogP contribution is 2.08. The first-order chi connectivity index (χ1) is 5.43. The van der Waals surface area contributed by atoms with E-state index in [0.29, 0.717) is 0 Å². The minimum atomic E-state index is 0.828. The number of rotatable bonds is 3. The van der Waals surface area contributed by atoms with Crippen molar-refractivity contribution in [1.82, 2.24) is 0 Å². The molecule has 0 heterocycles. The number of allylic oxidation sites excluding steroid dienone is 1. The van der Waals surface area contributed by atoms with E-state index in [9.17, 15) is 0 Å². The second-order valence-electron chi connectivity index (χ2n) is 2.17. The van der Waals surface area contributed by atoms with Gasteiger partial charge in [-0.3, -0.25) is 4.99 Å². The SMILES string of the molecule is C=CCC=Nc1ccccc1. The van der Waals surface area contributed by atoms with Crippen LogP contribution in [0, 0.1) is 0 Å². The van der Waals surface area contributed by atoms with Crippen molar-refractivity contribution >= 4 is 11.9 Å². The zero-order chi connectivity index (χ0) is 7.94. The van der Waals surface area contributed by atoms with Crippen LogP contribution in [0.4, 0.5) is 5.69 Å². The van der Waals surface area contributed by atoms with Crippen molar-refractivity contribution < 1.29 is 0 Å². The van der Waals surface area contributed by atoms with Gasteiger partial charge in [-0.1, -0.05) is 24.3 Å². The van der Waals surface area contributed by atoms with Crippen LogP contribution < -0.4 is 0 Å². The van der Waals surface area contributed by atoms with Crippen LogP contribution in [0.25, 0.3) is 0 Å². The third-order valence-corrected chi connectivity index (χ3v) is 1.27. The monoisotopic (exact) mass is 145 g/mol. The molecule has 1 nitrogen and oxygen atoms in total. The van der Waals surface area contributed by atoms with Crippen LogP contribution in [0.3, 0.4) is 0 Å². The lowest BCUT2D eigenvalue weighted by atomic mass is 10.3. The van der Waals surface area contributed by atoms with Crippen molar-refractivity contribution in [2.45, 2.75) is 6.42 Å². The van der Waals surface area contributed by atoms with Gasteiger partial charge >= 0.3 is 0 Å². The fourth-order valence-electron chi connectivity index (χ4n) is 0.747. The second kappa shape index (κ2) is 4.45. The zero-order valence-corrected chi connectivity index (χ0v) is 6.40. The standard InChI is InChI=1S/C10H11N/c1-2-3-9-11-10-7-5-4-6-8-10/h2,4-9H,1,3H2. The molecule has 0 radical (unpaired) electrons. The number of aliphatic imine (C=N–C) groups is 1. The molecule has 0 aromatic heterocycles. The van der Waals surface area contributed by atoms with E-state index in [0.717, 1.165) is 12.1 Å². The predicted molar refractivity (Wildman–Crippen MR) is 49.4 cm³/mol. The van der Waals surface area contributed by atoms with Crippen molar-refractivity contribution in [3.8, 4) is 0 Å². The molecule has 0 saturated carbocycles. The summed E-state index contributed by atoms with van der Waals surface area (Å²) >= 11 is 0. The third-order valence-electron chi connectivity index (χ3n) is 1.27. The Morgan fingerprint density at radius 2 is 2.00 bits per heavy atom. The number of benzene rings is 1. The molecule has 0 bridgehead atoms. The molecule has 1 rings (SSSR count). The zero-order valence-electron chi connectivity index (χ0n) is 6.40. The van der Waals surface area contributed by atoms with E-state index in [1.165, 1.54) is 0 Å². The quantitative estimate of drug-likeness (QED) is 0.458. The molecule has 0 unspecified atom stereocenters. The molecule has 0 aliphatic rings. The van der Waals surface area contributed by atoms with Crippen LogP contribution in [-0.4, -0.2) is 6.21 Å². The number of hydrogen-bond donors (Lipinski definition) is 0. The molecular formula is C10H11N. The molecular weight excluding hydrogens is 134 g/mol. The lowest BCUT2D eigenvalue weighted by Crippen LogP contribution is -1.67. The van der Waals surface area contributed by atoms with Crippen LogP contribution in [0.15, 0.2) is 48.0 Å². The van der Waals surface area contributed by atoms with Gasteiger partial charge in [-0.2, -0.15) is 0 Å². The summed E-state index contributed by atoms with van der Waals surface area (Å²) in [4.78, 5) is 4.20. The summed E-state index contributed by atoms with van der Waals surface area (Å²) < 4.78 is 0. The highest BCUT2D eigenvalue weighted by Gasteiger charge is 1.80. The lowest BCUT2D eigenvalue weighted by Gasteiger charge is -1.88. The summed E-state index contributed by atoms with van der Waals surface area (Å²) in [6.45, 7) is 3.60. The van der Waals surface area contributed by atoms with E-state index in [-0.39, 0.29) is 0 Å². The van der Waals surface area contributed by atoms with Crippen LogP contribution in [0.1, 0.15) is 6.42 Å². The van der Waals surface area contributed by atoms with Crippen LogP contribution in [0.2, 0.25) is 0 Å². The average molecular weight is 145 g/mol. The van der Waals surface area contributed by atoms with Crippen molar-refractivity contribution in [2.24, 2.45) is 4.99 Å². The van der Waals surface area contributed by atoms with Gasteiger partial charge in [0, 0.05) is 12.6 Å². The van der Waals surface area contributed by atoms with E-state index < -0.39 is 0 Å². The first-order valence-electron chi connectivity index (χ1n) is 3.62. The van der Waals surface area contributed by atoms with Crippen LogP contribution in [0.5, 0.6) is 0 Å². The Balaban J connectivity index is 2.57. The largest absolute Gasteiger partial charge is 0.261 e. The summed E-state index contributed by atoms with van der Waals surface area (Å²) in [5.74, 6) is 0. The Kier molecular flexibility index (Phi) is 3.13. The van der Waals surface area contributed by atoms with Crippen molar-refractivity contribution in [3.05, 3.63) is 43.0 Å². The third kappa shape index (κ3) is 2.80. The Labute approximate surface area is 67.1 Å². The van der Waals surface area contributed by atoms with E-state index in [1.54, 1.807) is 0 Å². The molecule has 0 fully saturated rings. The van der Waals surface area contributed by atoms with E-state index in [4.69, 9.17) is 0 Å². The molecule has 0 atom stereocenters. The summed E-state index contributed by atoms with van der Waals surface area (Å²) in [7, 11) is 0. The Morgan fingerprint density at radius 1 is 1.27 bits per heavy atom. The van der Waals surface area contributed by atoms with Gasteiger partial charge in [0.15, 0.2) is 0 Å². The molecule has 0 saturated heterocycles. The second-order valence-corrected chi connectivity index (χ2v) is 2.17.